The lowest BCUT2D eigenvalue weighted by molar-refractivity contribution is -0.148. The molecule has 0 aromatic rings. The van der Waals surface area contributed by atoms with Crippen LogP contribution < -0.4 is 10.6 Å². The molecule has 0 bridgehead atoms. The number of hydrogen-bond acceptors (Lipinski definition) is 3. The summed E-state index contributed by atoms with van der Waals surface area (Å²) >= 11 is 0. The summed E-state index contributed by atoms with van der Waals surface area (Å²) in [4.78, 5) is 23.0. The summed E-state index contributed by atoms with van der Waals surface area (Å²) < 4.78 is 5.42. The molecule has 21 heavy (non-hydrogen) atoms. The number of ether oxygens (including phenoxy) is 1. The van der Waals surface area contributed by atoms with E-state index in [0.717, 1.165) is 25.9 Å². The Kier molecular flexibility index (Phi) is 7.50. The Balaban J connectivity index is 2.12. The van der Waals surface area contributed by atoms with Crippen LogP contribution in [0.1, 0.15) is 46.0 Å². The Morgan fingerprint density at radius 1 is 1.24 bits per heavy atom. The Morgan fingerprint density at radius 2 is 1.90 bits per heavy atom. The summed E-state index contributed by atoms with van der Waals surface area (Å²) in [5.41, 5.74) is -0.766. The van der Waals surface area contributed by atoms with Crippen LogP contribution in [-0.2, 0) is 9.53 Å². The van der Waals surface area contributed by atoms with Crippen LogP contribution in [0.4, 0.5) is 4.79 Å². The van der Waals surface area contributed by atoms with Crippen LogP contribution in [0.15, 0.2) is 0 Å². The number of hydrogen-bond donors (Lipinski definition) is 3. The van der Waals surface area contributed by atoms with Crippen molar-refractivity contribution in [2.45, 2.75) is 46.0 Å². The third-order valence-corrected chi connectivity index (χ3v) is 3.80. The lowest BCUT2D eigenvalue weighted by Gasteiger charge is -2.24. The van der Waals surface area contributed by atoms with Crippen molar-refractivity contribution >= 4 is 12.0 Å². The second kappa shape index (κ2) is 8.87. The molecule has 1 aliphatic rings. The fourth-order valence-corrected chi connectivity index (χ4v) is 2.53. The Labute approximate surface area is 126 Å². The molecule has 0 heterocycles. The lowest BCUT2D eigenvalue weighted by Crippen LogP contribution is -2.45. The number of aliphatic carboxylic acids is 1. The maximum Gasteiger partial charge on any atom is 0.314 e. The van der Waals surface area contributed by atoms with Crippen molar-refractivity contribution in [1.29, 1.82) is 0 Å². The molecular formula is C15H28N2O4. The summed E-state index contributed by atoms with van der Waals surface area (Å²) in [7, 11) is 0. The third-order valence-electron chi connectivity index (χ3n) is 3.80. The minimum absolute atomic E-state index is 0.206. The van der Waals surface area contributed by atoms with Crippen LogP contribution in [-0.4, -0.2) is 43.4 Å². The highest BCUT2D eigenvalue weighted by Crippen LogP contribution is 2.37. The van der Waals surface area contributed by atoms with Crippen LogP contribution in [0.2, 0.25) is 0 Å². The molecule has 3 N–H and O–H groups in total. The van der Waals surface area contributed by atoms with Crippen molar-refractivity contribution < 1.29 is 19.4 Å². The zero-order chi connectivity index (χ0) is 15.7. The van der Waals surface area contributed by atoms with Crippen molar-refractivity contribution in [2.75, 3.05) is 26.3 Å². The number of rotatable bonds is 9. The molecule has 0 spiro atoms. The molecule has 0 saturated heterocycles. The van der Waals surface area contributed by atoms with E-state index in [-0.39, 0.29) is 12.6 Å². The van der Waals surface area contributed by atoms with Gasteiger partial charge in [0.15, 0.2) is 0 Å². The predicted molar refractivity (Wildman–Crippen MR) is 80.2 cm³/mol. The molecule has 1 saturated carbocycles. The standard InChI is InChI=1S/C15H28N2O4/c1-12(2)10-21-9-5-8-16-14(20)17-11-15(13(18)19)6-3-4-7-15/h12H,3-11H2,1-2H3,(H,18,19)(H2,16,17,20). The Morgan fingerprint density at radius 3 is 2.48 bits per heavy atom. The van der Waals surface area contributed by atoms with Gasteiger partial charge in [-0.15, -0.1) is 0 Å². The first-order valence-corrected chi connectivity index (χ1v) is 7.79. The number of amides is 2. The highest BCUT2D eigenvalue weighted by atomic mass is 16.5. The maximum absolute atomic E-state index is 11.6. The molecule has 1 aliphatic carbocycles. The summed E-state index contributed by atoms with van der Waals surface area (Å²) in [5.74, 6) is -0.290. The van der Waals surface area contributed by atoms with E-state index in [9.17, 15) is 14.7 Å². The number of nitrogens with one attached hydrogen (secondary N) is 2. The first-order chi connectivity index (χ1) is 9.96. The number of carboxylic acids is 1. The fourth-order valence-electron chi connectivity index (χ4n) is 2.53. The predicted octanol–water partition coefficient (Wildman–Crippen LogP) is 1.99. The first kappa shape index (κ1) is 17.8. The monoisotopic (exact) mass is 300 g/mol. The molecule has 0 unspecified atom stereocenters. The minimum Gasteiger partial charge on any atom is -0.481 e. The second-order valence-corrected chi connectivity index (χ2v) is 6.22. The summed E-state index contributed by atoms with van der Waals surface area (Å²) in [6.45, 7) is 6.27. The van der Waals surface area contributed by atoms with E-state index in [1.165, 1.54) is 0 Å². The van der Waals surface area contributed by atoms with E-state index >= 15 is 0 Å². The van der Waals surface area contributed by atoms with Crippen LogP contribution in [0.3, 0.4) is 0 Å². The molecule has 2 amide bonds. The van der Waals surface area contributed by atoms with Crippen LogP contribution in [0.25, 0.3) is 0 Å². The Hall–Kier alpha value is -1.30. The summed E-state index contributed by atoms with van der Waals surface area (Å²) in [5, 5.41) is 14.7. The van der Waals surface area contributed by atoms with Gasteiger partial charge < -0.3 is 20.5 Å². The van der Waals surface area contributed by atoms with Gasteiger partial charge in [0.2, 0.25) is 0 Å². The number of carboxylic acid groups (broad SMARTS) is 1. The van der Waals surface area contributed by atoms with Gasteiger partial charge in [0.1, 0.15) is 0 Å². The average molecular weight is 300 g/mol. The van der Waals surface area contributed by atoms with Gasteiger partial charge in [0.05, 0.1) is 5.41 Å². The Bertz CT molecular complexity index is 339. The summed E-state index contributed by atoms with van der Waals surface area (Å²) in [6.07, 6.45) is 3.88. The SMILES string of the molecule is CC(C)COCCCNC(=O)NCC1(C(=O)O)CCCC1. The molecule has 6 heteroatoms. The van der Waals surface area contributed by atoms with E-state index in [4.69, 9.17) is 4.74 Å². The smallest absolute Gasteiger partial charge is 0.314 e. The van der Waals surface area contributed by atoms with Crippen LogP contribution >= 0.6 is 0 Å². The van der Waals surface area contributed by atoms with Gasteiger partial charge in [-0.25, -0.2) is 4.79 Å². The van der Waals surface area contributed by atoms with Gasteiger partial charge in [-0.3, -0.25) is 4.79 Å². The van der Waals surface area contributed by atoms with Crippen molar-refractivity contribution in [3.8, 4) is 0 Å². The van der Waals surface area contributed by atoms with E-state index in [0.29, 0.717) is 31.9 Å². The molecule has 6 nitrogen and oxygen atoms in total. The van der Waals surface area contributed by atoms with Gasteiger partial charge in [0, 0.05) is 26.3 Å². The van der Waals surface area contributed by atoms with Crippen molar-refractivity contribution in [1.82, 2.24) is 10.6 Å². The zero-order valence-electron chi connectivity index (χ0n) is 13.1. The fraction of sp³-hybridized carbons (Fsp3) is 0.867. The minimum atomic E-state index is -0.803. The first-order valence-electron chi connectivity index (χ1n) is 7.79. The highest BCUT2D eigenvalue weighted by molar-refractivity contribution is 5.78. The van der Waals surface area contributed by atoms with E-state index in [1.807, 2.05) is 0 Å². The third kappa shape index (κ3) is 6.33. The van der Waals surface area contributed by atoms with Gasteiger partial charge in [-0.05, 0) is 25.2 Å². The molecule has 0 aromatic carbocycles. The van der Waals surface area contributed by atoms with Crippen molar-refractivity contribution in [3.63, 3.8) is 0 Å². The normalized spacial score (nSPS) is 16.9. The largest absolute Gasteiger partial charge is 0.481 e. The summed E-state index contributed by atoms with van der Waals surface area (Å²) in [6, 6.07) is -0.300. The number of urea groups is 1. The van der Waals surface area contributed by atoms with Crippen LogP contribution in [0.5, 0.6) is 0 Å². The molecule has 1 rings (SSSR count). The maximum atomic E-state index is 11.6. The van der Waals surface area contributed by atoms with Gasteiger partial charge in [-0.2, -0.15) is 0 Å². The number of carbonyl (C=O) groups excluding carboxylic acids is 1. The van der Waals surface area contributed by atoms with Crippen molar-refractivity contribution in [3.05, 3.63) is 0 Å². The topological polar surface area (TPSA) is 87.7 Å². The molecule has 0 aromatic heterocycles. The molecular weight excluding hydrogens is 272 g/mol. The molecule has 0 atom stereocenters. The van der Waals surface area contributed by atoms with E-state index < -0.39 is 11.4 Å². The van der Waals surface area contributed by atoms with Crippen LogP contribution in [0, 0.1) is 11.3 Å². The van der Waals surface area contributed by atoms with Gasteiger partial charge >= 0.3 is 12.0 Å². The highest BCUT2D eigenvalue weighted by Gasteiger charge is 2.41. The van der Waals surface area contributed by atoms with Gasteiger partial charge in [0.25, 0.3) is 0 Å². The quantitative estimate of drug-likeness (QED) is 0.568. The molecule has 122 valence electrons. The molecule has 1 fully saturated rings. The average Bonchev–Trinajstić information content (AvgIpc) is 2.90. The van der Waals surface area contributed by atoms with Gasteiger partial charge in [-0.1, -0.05) is 26.7 Å². The lowest BCUT2D eigenvalue weighted by atomic mass is 9.86. The van der Waals surface area contributed by atoms with Crippen molar-refractivity contribution in [2.24, 2.45) is 11.3 Å². The second-order valence-electron chi connectivity index (χ2n) is 6.22. The molecule has 0 aliphatic heterocycles. The molecule has 0 radical (unpaired) electrons. The zero-order valence-corrected chi connectivity index (χ0v) is 13.1. The van der Waals surface area contributed by atoms with E-state index in [2.05, 4.69) is 24.5 Å². The number of carbonyl (C=O) groups is 2. The van der Waals surface area contributed by atoms with E-state index in [1.54, 1.807) is 0 Å².